The van der Waals surface area contributed by atoms with Crippen molar-refractivity contribution >= 4 is 40.8 Å². The van der Waals surface area contributed by atoms with E-state index in [1.165, 1.54) is 47.9 Å². The molecule has 49 heavy (non-hydrogen) atoms. The summed E-state index contributed by atoms with van der Waals surface area (Å²) in [5.74, 6) is 0.398. The van der Waals surface area contributed by atoms with Gasteiger partial charge in [-0.2, -0.15) is 8.78 Å². The maximum absolute atomic E-state index is 14.4. The van der Waals surface area contributed by atoms with E-state index in [0.29, 0.717) is 16.9 Å². The summed E-state index contributed by atoms with van der Waals surface area (Å²) in [6.45, 7) is 2.15. The summed E-state index contributed by atoms with van der Waals surface area (Å²) in [4.78, 5) is 60.6. The Labute approximate surface area is 279 Å². The fourth-order valence-corrected chi connectivity index (χ4v) is 4.42. The Hall–Kier alpha value is -5.89. The molecule has 4 amide bonds. The number of hydrogen-bond donors (Lipinski definition) is 3. The lowest BCUT2D eigenvalue weighted by Crippen LogP contribution is -2.34. The Morgan fingerprint density at radius 1 is 0.673 bits per heavy atom. The lowest BCUT2D eigenvalue weighted by molar-refractivity contribution is -0.131. The quantitative estimate of drug-likeness (QED) is 0.0676. The first-order valence-electron chi connectivity index (χ1n) is 14.7. The summed E-state index contributed by atoms with van der Waals surface area (Å²) < 4.78 is 52.7. The molecule has 0 radical (unpaired) electrons. The molecule has 0 aliphatic carbocycles. The molecule has 4 aromatic carbocycles. The number of nitrogens with two attached hydrogens (primary N) is 1. The van der Waals surface area contributed by atoms with Gasteiger partial charge in [0.1, 0.15) is 11.6 Å². The first-order valence-corrected chi connectivity index (χ1v) is 14.7. The number of anilines is 2. The molecule has 4 rings (SSSR count). The van der Waals surface area contributed by atoms with Crippen LogP contribution in [-0.2, 0) is 27.5 Å². The van der Waals surface area contributed by atoms with E-state index >= 15 is 0 Å². The highest BCUT2D eigenvalue weighted by atomic mass is 19.3. The van der Waals surface area contributed by atoms with Crippen molar-refractivity contribution in [2.45, 2.75) is 33.4 Å². The summed E-state index contributed by atoms with van der Waals surface area (Å²) in [5, 5.41) is 1.77. The predicted octanol–water partition coefficient (Wildman–Crippen LogP) is 4.93. The second-order valence-corrected chi connectivity index (χ2v) is 10.4. The standard InChI is InChI=1S/C19H17F3N2O3.C16H16FN3O2/c1-12(25)24(15-5-3-2-4-6-15)11-14-8-7-13(9-16(14)20)17(26)10-23-19(27)18(21)22;1-11(21)20(14-5-3-2-4-6-14)10-13-8-7-12(9-15(13)17)16(22)19-18/h2-9,18H,10-11H2,1H3,(H,23,27);2-9H,10,18H2,1H3,(H,19,22). The zero-order valence-electron chi connectivity index (χ0n) is 26.5. The molecule has 4 aromatic rings. The molecule has 0 aliphatic rings. The number of alkyl halides is 2. The number of hydrogen-bond acceptors (Lipinski definition) is 6. The molecule has 0 bridgehead atoms. The molecule has 10 nitrogen and oxygen atoms in total. The zero-order chi connectivity index (χ0) is 36.1. The molecule has 4 N–H and O–H groups in total. The van der Waals surface area contributed by atoms with Crippen molar-refractivity contribution in [2.24, 2.45) is 5.84 Å². The minimum Gasteiger partial charge on any atom is -0.344 e. The molecule has 0 aromatic heterocycles. The van der Waals surface area contributed by atoms with Crippen LogP contribution in [0.15, 0.2) is 97.1 Å². The number of hydrazine groups is 1. The van der Waals surface area contributed by atoms with Gasteiger partial charge in [0, 0.05) is 47.5 Å². The molecule has 14 heteroatoms. The van der Waals surface area contributed by atoms with E-state index in [-0.39, 0.29) is 41.6 Å². The topological polar surface area (TPSA) is 142 Å². The maximum Gasteiger partial charge on any atom is 0.315 e. The van der Waals surface area contributed by atoms with Crippen LogP contribution in [0.25, 0.3) is 0 Å². The van der Waals surface area contributed by atoms with E-state index in [9.17, 15) is 41.5 Å². The van der Waals surface area contributed by atoms with Crippen LogP contribution < -0.4 is 26.4 Å². The van der Waals surface area contributed by atoms with Crippen molar-refractivity contribution < 1.29 is 41.5 Å². The largest absolute Gasteiger partial charge is 0.344 e. The number of amides is 4. The lowest BCUT2D eigenvalue weighted by Gasteiger charge is -2.21. The Balaban J connectivity index is 0.000000271. The summed E-state index contributed by atoms with van der Waals surface area (Å²) in [6, 6.07) is 25.3. The van der Waals surface area contributed by atoms with Gasteiger partial charge < -0.3 is 15.1 Å². The number of benzene rings is 4. The molecule has 256 valence electrons. The van der Waals surface area contributed by atoms with E-state index in [2.05, 4.69) is 0 Å². The van der Waals surface area contributed by atoms with Gasteiger partial charge in [-0.05, 0) is 42.5 Å². The number of nitrogen functional groups attached to an aromatic ring is 1. The number of rotatable bonds is 11. The van der Waals surface area contributed by atoms with Crippen LogP contribution in [0, 0.1) is 11.6 Å². The van der Waals surface area contributed by atoms with Crippen LogP contribution in [0.4, 0.5) is 28.9 Å². The van der Waals surface area contributed by atoms with Gasteiger partial charge >= 0.3 is 6.43 Å². The van der Waals surface area contributed by atoms with Gasteiger partial charge in [0.15, 0.2) is 5.78 Å². The van der Waals surface area contributed by atoms with Crippen molar-refractivity contribution in [1.82, 2.24) is 10.7 Å². The highest BCUT2D eigenvalue weighted by Gasteiger charge is 2.19. The van der Waals surface area contributed by atoms with Gasteiger partial charge in [-0.15, -0.1) is 0 Å². The van der Waals surface area contributed by atoms with E-state index in [1.54, 1.807) is 59.9 Å². The molecule has 0 unspecified atom stereocenters. The number of carbonyl (C=O) groups is 5. The van der Waals surface area contributed by atoms with Gasteiger partial charge in [-0.25, -0.2) is 14.6 Å². The van der Waals surface area contributed by atoms with Gasteiger partial charge in [-0.3, -0.25) is 29.4 Å². The van der Waals surface area contributed by atoms with Gasteiger partial charge in [0.2, 0.25) is 11.8 Å². The molecule has 0 atom stereocenters. The van der Waals surface area contributed by atoms with Crippen LogP contribution >= 0.6 is 0 Å². The zero-order valence-corrected chi connectivity index (χ0v) is 26.5. The summed E-state index contributed by atoms with van der Waals surface area (Å²) in [7, 11) is 0. The fourth-order valence-electron chi connectivity index (χ4n) is 4.42. The molecule has 0 heterocycles. The number of halogens is 4. The van der Waals surface area contributed by atoms with Crippen LogP contribution in [-0.4, -0.2) is 42.4 Å². The van der Waals surface area contributed by atoms with Crippen LogP contribution in [0.3, 0.4) is 0 Å². The summed E-state index contributed by atoms with van der Waals surface area (Å²) in [6.07, 6.45) is -3.23. The van der Waals surface area contributed by atoms with Crippen LogP contribution in [0.1, 0.15) is 45.7 Å². The summed E-state index contributed by atoms with van der Waals surface area (Å²) in [5.41, 5.74) is 3.77. The Kier molecular flexibility index (Phi) is 13.7. The minimum atomic E-state index is -3.23. The average Bonchev–Trinajstić information content (AvgIpc) is 3.09. The van der Waals surface area contributed by atoms with Crippen molar-refractivity contribution in [2.75, 3.05) is 16.3 Å². The lowest BCUT2D eigenvalue weighted by atomic mass is 10.1. The number of nitrogens with one attached hydrogen (secondary N) is 2. The minimum absolute atomic E-state index is 0.0399. The van der Waals surface area contributed by atoms with E-state index in [1.807, 2.05) is 11.5 Å². The Morgan fingerprint density at radius 2 is 1.10 bits per heavy atom. The number of ketones is 1. The maximum atomic E-state index is 14.4. The van der Waals surface area contributed by atoms with Crippen LogP contribution in [0.2, 0.25) is 0 Å². The molecule has 0 saturated heterocycles. The fraction of sp³-hybridized carbons (Fsp3) is 0.171. The number of para-hydroxylation sites is 2. The SMILES string of the molecule is CC(=O)N(Cc1ccc(C(=O)CNC(=O)C(F)F)cc1F)c1ccccc1.CC(=O)N(Cc1ccc(C(=O)NN)cc1F)c1ccccc1. The number of carbonyl (C=O) groups excluding carboxylic acids is 5. The van der Waals surface area contributed by atoms with E-state index < -0.39 is 42.2 Å². The molecule has 0 saturated carbocycles. The molecule has 0 spiro atoms. The predicted molar refractivity (Wildman–Crippen MR) is 174 cm³/mol. The van der Waals surface area contributed by atoms with Crippen molar-refractivity contribution in [3.8, 4) is 0 Å². The highest BCUT2D eigenvalue weighted by Crippen LogP contribution is 2.21. The average molecular weight is 680 g/mol. The molecule has 0 fully saturated rings. The Morgan fingerprint density at radius 3 is 1.49 bits per heavy atom. The number of nitrogens with zero attached hydrogens (tertiary/aromatic N) is 2. The first kappa shape index (κ1) is 37.6. The summed E-state index contributed by atoms with van der Waals surface area (Å²) >= 11 is 0. The monoisotopic (exact) mass is 679 g/mol. The smallest absolute Gasteiger partial charge is 0.315 e. The van der Waals surface area contributed by atoms with E-state index in [4.69, 9.17) is 5.84 Å². The van der Waals surface area contributed by atoms with E-state index in [0.717, 1.165) is 12.1 Å². The third-order valence-corrected chi connectivity index (χ3v) is 7.00. The third-order valence-electron chi connectivity index (χ3n) is 7.00. The normalized spacial score (nSPS) is 10.4. The van der Waals surface area contributed by atoms with Gasteiger partial charge in [-0.1, -0.05) is 54.6 Å². The van der Waals surface area contributed by atoms with Crippen molar-refractivity contribution in [1.29, 1.82) is 0 Å². The molecule has 0 aliphatic heterocycles. The van der Waals surface area contributed by atoms with Gasteiger partial charge in [0.05, 0.1) is 19.6 Å². The van der Waals surface area contributed by atoms with Crippen LogP contribution in [0.5, 0.6) is 0 Å². The second-order valence-electron chi connectivity index (χ2n) is 10.4. The van der Waals surface area contributed by atoms with Crippen molar-refractivity contribution in [3.63, 3.8) is 0 Å². The van der Waals surface area contributed by atoms with Crippen molar-refractivity contribution in [3.05, 3.63) is 131 Å². The third kappa shape index (κ3) is 10.8. The number of Topliss-reactive ketones (excluding diaryl/α,β-unsaturated/α-hetero) is 1. The second kappa shape index (κ2) is 17.9. The molecular formula is C35H33F4N5O5. The Bertz CT molecular complexity index is 1790. The molecular weight excluding hydrogens is 646 g/mol. The van der Waals surface area contributed by atoms with Gasteiger partial charge in [0.25, 0.3) is 11.8 Å². The highest BCUT2D eigenvalue weighted by molar-refractivity contribution is 5.99. The first-order chi connectivity index (χ1) is 23.3.